The van der Waals surface area contributed by atoms with Crippen LogP contribution in [-0.4, -0.2) is 70.6 Å². The predicted octanol–water partition coefficient (Wildman–Crippen LogP) is 5.92. The number of alkyl halides is 3. The zero-order valence-corrected chi connectivity index (χ0v) is 25.3. The lowest BCUT2D eigenvalue weighted by molar-refractivity contribution is -0.137. The van der Waals surface area contributed by atoms with Gasteiger partial charge in [0.2, 0.25) is 0 Å². The lowest BCUT2D eigenvalue weighted by atomic mass is 9.98. The topological polar surface area (TPSA) is 95.0 Å². The number of halogens is 3. The van der Waals surface area contributed by atoms with E-state index in [1.807, 2.05) is 43.1 Å². The standard InChI is InChI=1S/C32H33F3N4O4S/c1-19-15-39(20(2)18-40)31(42)23-7-6-9-25(36-29(41)30-37-24-8-4-5-10-27(24)44-30)28(23)43-26(19)17-38(3)16-21-11-13-22(14-12-21)32(33,34)35/h4-14,19-20,26,40H,15-18H2,1-3H3,(H,36,41)/t19-,20-,26+/m0/s1. The van der Waals surface area contributed by atoms with E-state index in [0.29, 0.717) is 36.4 Å². The third kappa shape index (κ3) is 6.87. The number of anilines is 1. The molecule has 1 aromatic heterocycles. The number of aromatic nitrogens is 1. The highest BCUT2D eigenvalue weighted by atomic mass is 32.1. The van der Waals surface area contributed by atoms with Crippen LogP contribution in [0.15, 0.2) is 66.7 Å². The lowest BCUT2D eigenvalue weighted by Gasteiger charge is -2.38. The molecule has 0 saturated heterocycles. The molecule has 0 unspecified atom stereocenters. The molecule has 2 N–H and O–H groups in total. The summed E-state index contributed by atoms with van der Waals surface area (Å²) in [5, 5.41) is 13.1. The number of nitrogens with one attached hydrogen (secondary N) is 1. The number of aliphatic hydroxyl groups excluding tert-OH is 1. The quantitative estimate of drug-likeness (QED) is 0.252. The third-order valence-corrected chi connectivity index (χ3v) is 8.69. The summed E-state index contributed by atoms with van der Waals surface area (Å²) < 4.78 is 46.5. The molecule has 12 heteroatoms. The number of para-hydroxylation sites is 2. The first-order chi connectivity index (χ1) is 20.9. The molecular formula is C32H33F3N4O4S. The van der Waals surface area contributed by atoms with Crippen LogP contribution in [0, 0.1) is 5.92 Å². The van der Waals surface area contributed by atoms with Gasteiger partial charge in [-0.25, -0.2) is 4.98 Å². The van der Waals surface area contributed by atoms with Crippen LogP contribution in [0.2, 0.25) is 0 Å². The zero-order valence-electron chi connectivity index (χ0n) is 24.5. The van der Waals surface area contributed by atoms with Gasteiger partial charge in [0.05, 0.1) is 39.7 Å². The van der Waals surface area contributed by atoms with Crippen molar-refractivity contribution in [3.8, 4) is 5.75 Å². The van der Waals surface area contributed by atoms with Gasteiger partial charge in [-0.2, -0.15) is 13.2 Å². The van der Waals surface area contributed by atoms with Crippen molar-refractivity contribution in [3.63, 3.8) is 0 Å². The third-order valence-electron chi connectivity index (χ3n) is 7.65. The largest absolute Gasteiger partial charge is 0.486 e. The number of fused-ring (bicyclic) bond motifs is 2. The van der Waals surface area contributed by atoms with E-state index in [0.717, 1.165) is 16.8 Å². The van der Waals surface area contributed by atoms with Gasteiger partial charge in [0.15, 0.2) is 10.8 Å². The van der Waals surface area contributed by atoms with Gasteiger partial charge in [-0.15, -0.1) is 11.3 Å². The van der Waals surface area contributed by atoms with Gasteiger partial charge < -0.3 is 20.1 Å². The second kappa shape index (κ2) is 12.9. The molecule has 0 bridgehead atoms. The van der Waals surface area contributed by atoms with Crippen molar-refractivity contribution in [1.82, 2.24) is 14.8 Å². The second-order valence-corrected chi connectivity index (χ2v) is 12.2. The summed E-state index contributed by atoms with van der Waals surface area (Å²) in [6.07, 6.45) is -4.88. The number of thiazole rings is 1. The fraction of sp³-hybridized carbons (Fsp3) is 0.344. The Balaban J connectivity index is 1.43. The summed E-state index contributed by atoms with van der Waals surface area (Å²) in [5.74, 6) is -0.769. The van der Waals surface area contributed by atoms with Crippen LogP contribution in [0.3, 0.4) is 0 Å². The molecule has 1 aliphatic rings. The number of likely N-dealkylation sites (N-methyl/N-ethyl adjacent to an activating group) is 1. The number of nitrogens with zero attached hydrogens (tertiary/aromatic N) is 3. The summed E-state index contributed by atoms with van der Waals surface area (Å²) in [7, 11) is 1.84. The summed E-state index contributed by atoms with van der Waals surface area (Å²) in [5.41, 5.74) is 1.25. The molecule has 3 aromatic carbocycles. The molecule has 5 rings (SSSR count). The Morgan fingerprint density at radius 2 is 1.89 bits per heavy atom. The fourth-order valence-corrected chi connectivity index (χ4v) is 6.05. The van der Waals surface area contributed by atoms with Crippen molar-refractivity contribution in [2.75, 3.05) is 32.1 Å². The van der Waals surface area contributed by atoms with Crippen LogP contribution in [0.25, 0.3) is 10.2 Å². The molecule has 232 valence electrons. The Morgan fingerprint density at radius 1 is 1.16 bits per heavy atom. The molecule has 4 aromatic rings. The minimum atomic E-state index is -4.41. The first-order valence-corrected chi connectivity index (χ1v) is 15.0. The first kappa shape index (κ1) is 31.4. The van der Waals surface area contributed by atoms with Gasteiger partial charge in [0, 0.05) is 25.6 Å². The minimum Gasteiger partial charge on any atom is -0.486 e. The lowest BCUT2D eigenvalue weighted by Crippen LogP contribution is -2.49. The highest BCUT2D eigenvalue weighted by Gasteiger charge is 2.35. The van der Waals surface area contributed by atoms with Crippen LogP contribution < -0.4 is 10.1 Å². The Kier molecular flexibility index (Phi) is 9.23. The van der Waals surface area contributed by atoms with E-state index in [9.17, 15) is 27.9 Å². The molecule has 0 radical (unpaired) electrons. The van der Waals surface area contributed by atoms with Gasteiger partial charge in [-0.05, 0) is 55.9 Å². The molecule has 1 aliphatic heterocycles. The first-order valence-electron chi connectivity index (χ1n) is 14.2. The van der Waals surface area contributed by atoms with E-state index in [1.165, 1.54) is 23.5 Å². The number of hydrogen-bond acceptors (Lipinski definition) is 7. The summed E-state index contributed by atoms with van der Waals surface area (Å²) in [4.78, 5) is 35.0. The summed E-state index contributed by atoms with van der Waals surface area (Å²) in [6, 6.07) is 16.9. The number of benzene rings is 3. The Hall–Kier alpha value is -4.00. The monoisotopic (exact) mass is 626 g/mol. The SMILES string of the molecule is C[C@H]1CN([C@@H](C)CO)C(=O)c2cccc(NC(=O)c3nc4ccccc4s3)c2O[C@@H]1CN(C)Cc1ccc(C(F)(F)F)cc1. The molecular weight excluding hydrogens is 593 g/mol. The minimum absolute atomic E-state index is 0.204. The number of carbonyl (C=O) groups is 2. The smallest absolute Gasteiger partial charge is 0.416 e. The van der Waals surface area contributed by atoms with Gasteiger partial charge in [0.1, 0.15) is 6.10 Å². The van der Waals surface area contributed by atoms with E-state index in [4.69, 9.17) is 4.74 Å². The highest BCUT2D eigenvalue weighted by molar-refractivity contribution is 7.20. The second-order valence-electron chi connectivity index (χ2n) is 11.1. The van der Waals surface area contributed by atoms with Crippen molar-refractivity contribution in [1.29, 1.82) is 0 Å². The molecule has 0 aliphatic carbocycles. The van der Waals surface area contributed by atoms with Crippen LogP contribution in [-0.2, 0) is 12.7 Å². The number of hydrogen-bond donors (Lipinski definition) is 2. The molecule has 0 fully saturated rings. The van der Waals surface area contributed by atoms with Gasteiger partial charge in [-0.1, -0.05) is 37.3 Å². The molecule has 2 heterocycles. The molecule has 44 heavy (non-hydrogen) atoms. The molecule has 0 spiro atoms. The van der Waals surface area contributed by atoms with Crippen molar-refractivity contribution in [2.45, 2.75) is 38.7 Å². The number of rotatable bonds is 8. The Bertz CT molecular complexity index is 1610. The van der Waals surface area contributed by atoms with Crippen molar-refractivity contribution in [2.24, 2.45) is 5.92 Å². The zero-order chi connectivity index (χ0) is 31.6. The van der Waals surface area contributed by atoms with E-state index in [1.54, 1.807) is 30.0 Å². The van der Waals surface area contributed by atoms with Crippen LogP contribution >= 0.6 is 11.3 Å². The number of carbonyl (C=O) groups excluding carboxylic acids is 2. The van der Waals surface area contributed by atoms with Crippen molar-refractivity contribution >= 4 is 39.1 Å². The highest BCUT2D eigenvalue weighted by Crippen LogP contribution is 2.36. The summed E-state index contributed by atoms with van der Waals surface area (Å²) in [6.45, 7) is 4.51. The molecule has 8 nitrogen and oxygen atoms in total. The number of amides is 2. The van der Waals surface area contributed by atoms with Gasteiger partial charge >= 0.3 is 6.18 Å². The number of ether oxygens (including phenoxy) is 1. The Labute approximate surface area is 257 Å². The normalized spacial score (nSPS) is 18.0. The maximum atomic E-state index is 13.8. The van der Waals surface area contributed by atoms with E-state index in [-0.39, 0.29) is 34.8 Å². The van der Waals surface area contributed by atoms with Crippen molar-refractivity contribution in [3.05, 3.63) is 88.4 Å². The maximum absolute atomic E-state index is 13.8. The average Bonchev–Trinajstić information content (AvgIpc) is 3.43. The molecule has 3 atom stereocenters. The fourth-order valence-electron chi connectivity index (χ4n) is 5.19. The van der Waals surface area contributed by atoms with Crippen LogP contribution in [0.5, 0.6) is 5.75 Å². The van der Waals surface area contributed by atoms with Gasteiger partial charge in [-0.3, -0.25) is 14.5 Å². The van der Waals surface area contributed by atoms with E-state index < -0.39 is 29.8 Å². The Morgan fingerprint density at radius 3 is 2.57 bits per heavy atom. The molecule has 2 amide bonds. The van der Waals surface area contributed by atoms with Crippen LogP contribution in [0.4, 0.5) is 18.9 Å². The molecule has 0 saturated carbocycles. The van der Waals surface area contributed by atoms with Crippen molar-refractivity contribution < 1.29 is 32.6 Å². The maximum Gasteiger partial charge on any atom is 0.416 e. The number of aliphatic hydroxyl groups is 1. The van der Waals surface area contributed by atoms with E-state index >= 15 is 0 Å². The summed E-state index contributed by atoms with van der Waals surface area (Å²) >= 11 is 1.25. The average molecular weight is 627 g/mol. The van der Waals surface area contributed by atoms with Crippen LogP contribution in [0.1, 0.15) is 45.1 Å². The van der Waals surface area contributed by atoms with Gasteiger partial charge in [0.25, 0.3) is 11.8 Å². The predicted molar refractivity (Wildman–Crippen MR) is 163 cm³/mol. The van der Waals surface area contributed by atoms with E-state index in [2.05, 4.69) is 10.3 Å².